The second-order valence-corrected chi connectivity index (χ2v) is 4.85. The second kappa shape index (κ2) is 8.20. The van der Waals surface area contributed by atoms with E-state index >= 15 is 0 Å². The number of rotatable bonds is 8. The number of hydrogen-bond acceptors (Lipinski definition) is 5. The predicted molar refractivity (Wildman–Crippen MR) is 84.3 cm³/mol. The molecule has 0 fully saturated rings. The number of aromatic nitrogens is 1. The zero-order valence-electron chi connectivity index (χ0n) is 13.1. The third-order valence-electron chi connectivity index (χ3n) is 3.34. The first-order valence-corrected chi connectivity index (χ1v) is 7.54. The van der Waals surface area contributed by atoms with Crippen LogP contribution in [-0.2, 0) is 6.54 Å². The minimum absolute atomic E-state index is 0.520. The minimum Gasteiger partial charge on any atom is -0.493 e. The first-order chi connectivity index (χ1) is 10.8. The Kier molecular flexibility index (Phi) is 5.99. The van der Waals surface area contributed by atoms with Crippen LogP contribution in [0.3, 0.4) is 0 Å². The molecule has 1 aromatic heterocycles. The Labute approximate surface area is 131 Å². The highest BCUT2D eigenvalue weighted by molar-refractivity contribution is 5.62. The molecule has 0 radical (unpaired) electrons. The van der Waals surface area contributed by atoms with Crippen LogP contribution >= 0.6 is 0 Å². The van der Waals surface area contributed by atoms with E-state index in [0.717, 1.165) is 30.1 Å². The molecule has 1 heterocycles. The summed E-state index contributed by atoms with van der Waals surface area (Å²) in [5, 5.41) is 8.69. The van der Waals surface area contributed by atoms with Crippen LogP contribution in [0.1, 0.15) is 26.0 Å². The largest absolute Gasteiger partial charge is 0.493 e. The number of nitriles is 1. The van der Waals surface area contributed by atoms with E-state index in [9.17, 15) is 0 Å². The lowest BCUT2D eigenvalue weighted by atomic mass is 10.2. The van der Waals surface area contributed by atoms with Crippen molar-refractivity contribution in [1.82, 2.24) is 9.88 Å². The van der Waals surface area contributed by atoms with Gasteiger partial charge in [-0.25, -0.2) is 4.98 Å². The van der Waals surface area contributed by atoms with Crippen LogP contribution in [0.2, 0.25) is 0 Å². The van der Waals surface area contributed by atoms with Crippen molar-refractivity contribution in [3.05, 3.63) is 36.2 Å². The van der Waals surface area contributed by atoms with E-state index in [0.29, 0.717) is 25.5 Å². The zero-order valence-corrected chi connectivity index (χ0v) is 13.1. The van der Waals surface area contributed by atoms with Gasteiger partial charge in [0.1, 0.15) is 12.0 Å². The Balaban J connectivity index is 2.13. The topological polar surface area (TPSA) is 62.3 Å². The fourth-order valence-electron chi connectivity index (χ4n) is 2.21. The highest BCUT2D eigenvalue weighted by atomic mass is 16.5. The number of benzene rings is 1. The van der Waals surface area contributed by atoms with E-state index < -0.39 is 0 Å². The summed E-state index contributed by atoms with van der Waals surface area (Å²) in [6.07, 6.45) is 2.19. The summed E-state index contributed by atoms with van der Waals surface area (Å²) in [6.45, 7) is 6.92. The van der Waals surface area contributed by atoms with E-state index in [2.05, 4.69) is 22.9 Å². The van der Waals surface area contributed by atoms with Crippen molar-refractivity contribution in [1.29, 1.82) is 5.26 Å². The van der Waals surface area contributed by atoms with E-state index in [1.807, 2.05) is 31.2 Å². The molecule has 0 spiro atoms. The average Bonchev–Trinajstić information content (AvgIpc) is 3.00. The van der Waals surface area contributed by atoms with E-state index in [1.54, 1.807) is 6.26 Å². The molecular formula is C17H21N3O2. The zero-order chi connectivity index (χ0) is 15.8. The molecule has 0 N–H and O–H groups in total. The SMILES string of the molecule is CCOc1ccccc1-c1nc(CN(CC)CCC#N)co1. The maximum Gasteiger partial charge on any atom is 0.229 e. The van der Waals surface area contributed by atoms with Crippen molar-refractivity contribution < 1.29 is 9.15 Å². The number of hydrogen-bond donors (Lipinski definition) is 0. The Bertz CT molecular complexity index is 631. The molecule has 0 aliphatic heterocycles. The van der Waals surface area contributed by atoms with Gasteiger partial charge in [-0.05, 0) is 25.6 Å². The van der Waals surface area contributed by atoms with Gasteiger partial charge in [-0.2, -0.15) is 5.26 Å². The summed E-state index contributed by atoms with van der Waals surface area (Å²) in [5.74, 6) is 1.34. The molecule has 5 heteroatoms. The first-order valence-electron chi connectivity index (χ1n) is 7.54. The molecule has 2 rings (SSSR count). The van der Waals surface area contributed by atoms with Crippen molar-refractivity contribution in [3.63, 3.8) is 0 Å². The maximum atomic E-state index is 8.69. The number of oxazole rings is 1. The molecule has 1 aromatic carbocycles. The summed E-state index contributed by atoms with van der Waals surface area (Å²) in [7, 11) is 0. The normalized spacial score (nSPS) is 10.6. The molecule has 0 bridgehead atoms. The van der Waals surface area contributed by atoms with Crippen molar-refractivity contribution in [2.24, 2.45) is 0 Å². The minimum atomic E-state index is 0.520. The van der Waals surface area contributed by atoms with Crippen molar-refractivity contribution in [2.75, 3.05) is 19.7 Å². The molecule has 116 valence electrons. The van der Waals surface area contributed by atoms with Gasteiger partial charge in [0, 0.05) is 19.5 Å². The van der Waals surface area contributed by atoms with Gasteiger partial charge in [0.2, 0.25) is 5.89 Å². The number of para-hydroxylation sites is 1. The summed E-state index contributed by atoms with van der Waals surface area (Å²) in [4.78, 5) is 6.71. The third kappa shape index (κ3) is 4.09. The fourth-order valence-corrected chi connectivity index (χ4v) is 2.21. The van der Waals surface area contributed by atoms with Crippen molar-refractivity contribution in [2.45, 2.75) is 26.8 Å². The molecule has 22 heavy (non-hydrogen) atoms. The number of nitrogens with zero attached hydrogens (tertiary/aromatic N) is 3. The Morgan fingerprint density at radius 2 is 2.14 bits per heavy atom. The molecule has 0 saturated carbocycles. The van der Waals surface area contributed by atoms with Crippen molar-refractivity contribution in [3.8, 4) is 23.3 Å². The van der Waals surface area contributed by atoms with Gasteiger partial charge in [0.15, 0.2) is 0 Å². The van der Waals surface area contributed by atoms with Gasteiger partial charge in [-0.15, -0.1) is 0 Å². The van der Waals surface area contributed by atoms with Gasteiger partial charge in [0.05, 0.1) is 23.9 Å². The van der Waals surface area contributed by atoms with Gasteiger partial charge in [-0.1, -0.05) is 19.1 Å². The summed E-state index contributed by atoms with van der Waals surface area (Å²) in [5.41, 5.74) is 1.72. The molecule has 0 atom stereocenters. The lowest BCUT2D eigenvalue weighted by Crippen LogP contribution is -2.23. The van der Waals surface area contributed by atoms with Crippen LogP contribution in [0.15, 0.2) is 34.9 Å². The Morgan fingerprint density at radius 3 is 2.86 bits per heavy atom. The second-order valence-electron chi connectivity index (χ2n) is 4.85. The predicted octanol–water partition coefficient (Wildman–Crippen LogP) is 3.48. The van der Waals surface area contributed by atoms with Crippen LogP contribution in [0, 0.1) is 11.3 Å². The van der Waals surface area contributed by atoms with E-state index in [-0.39, 0.29) is 0 Å². The molecule has 5 nitrogen and oxygen atoms in total. The standard InChI is InChI=1S/C17H21N3O2/c1-3-20(11-7-10-18)12-14-13-22-17(19-14)15-8-5-6-9-16(15)21-4-2/h5-6,8-9,13H,3-4,7,11-12H2,1-2H3. The average molecular weight is 299 g/mol. The highest BCUT2D eigenvalue weighted by Crippen LogP contribution is 2.29. The van der Waals surface area contributed by atoms with Crippen LogP contribution in [-0.4, -0.2) is 29.6 Å². The molecular weight excluding hydrogens is 278 g/mol. The van der Waals surface area contributed by atoms with E-state index in [1.165, 1.54) is 0 Å². The van der Waals surface area contributed by atoms with Gasteiger partial charge >= 0.3 is 0 Å². The Hall–Kier alpha value is -2.32. The van der Waals surface area contributed by atoms with Gasteiger partial charge in [-0.3, -0.25) is 4.90 Å². The fraction of sp³-hybridized carbons (Fsp3) is 0.412. The highest BCUT2D eigenvalue weighted by Gasteiger charge is 2.13. The molecule has 0 aliphatic carbocycles. The first kappa shape index (κ1) is 16.1. The van der Waals surface area contributed by atoms with Crippen LogP contribution in [0.25, 0.3) is 11.5 Å². The monoisotopic (exact) mass is 299 g/mol. The molecule has 2 aromatic rings. The lowest BCUT2D eigenvalue weighted by Gasteiger charge is -2.16. The van der Waals surface area contributed by atoms with Crippen molar-refractivity contribution >= 4 is 0 Å². The van der Waals surface area contributed by atoms with Crippen LogP contribution in [0.4, 0.5) is 0 Å². The Morgan fingerprint density at radius 1 is 1.32 bits per heavy atom. The molecule has 0 unspecified atom stereocenters. The van der Waals surface area contributed by atoms with Gasteiger partial charge < -0.3 is 9.15 Å². The maximum absolute atomic E-state index is 8.69. The van der Waals surface area contributed by atoms with Gasteiger partial charge in [0.25, 0.3) is 0 Å². The summed E-state index contributed by atoms with van der Waals surface area (Å²) >= 11 is 0. The summed E-state index contributed by atoms with van der Waals surface area (Å²) in [6, 6.07) is 9.88. The number of ether oxygens (including phenoxy) is 1. The third-order valence-corrected chi connectivity index (χ3v) is 3.34. The quantitative estimate of drug-likeness (QED) is 0.746. The molecule has 0 amide bonds. The summed E-state index contributed by atoms with van der Waals surface area (Å²) < 4.78 is 11.2. The molecule has 0 saturated heterocycles. The smallest absolute Gasteiger partial charge is 0.229 e. The molecule has 0 aliphatic rings. The van der Waals surface area contributed by atoms with Crippen LogP contribution < -0.4 is 4.74 Å². The van der Waals surface area contributed by atoms with Crippen LogP contribution in [0.5, 0.6) is 5.75 Å². The lowest BCUT2D eigenvalue weighted by molar-refractivity contribution is 0.283. The van der Waals surface area contributed by atoms with E-state index in [4.69, 9.17) is 14.4 Å².